The summed E-state index contributed by atoms with van der Waals surface area (Å²) in [6, 6.07) is 25.4. The van der Waals surface area contributed by atoms with Crippen LogP contribution >= 0.6 is 0 Å². The van der Waals surface area contributed by atoms with Crippen molar-refractivity contribution in [2.45, 2.75) is 51.2 Å². The molecule has 3 atom stereocenters. The first-order valence-corrected chi connectivity index (χ1v) is 15.3. The smallest absolute Gasteiger partial charge is 0.243 e. The van der Waals surface area contributed by atoms with Gasteiger partial charge in [0.1, 0.15) is 29.9 Å². The molecule has 0 aliphatic rings. The number of nitrogens with one attached hydrogen (secondary N) is 3. The van der Waals surface area contributed by atoms with Crippen molar-refractivity contribution >= 4 is 34.8 Å². The Morgan fingerprint density at radius 2 is 1.28 bits per heavy atom. The maximum absolute atomic E-state index is 13.8. The lowest BCUT2D eigenvalue weighted by molar-refractivity contribution is -0.133. The van der Waals surface area contributed by atoms with E-state index in [4.69, 9.17) is 9.47 Å². The minimum Gasteiger partial charge on any atom is -0.497 e. The zero-order valence-electron chi connectivity index (χ0n) is 26.6. The molecule has 240 valence electrons. The van der Waals surface area contributed by atoms with E-state index < -0.39 is 29.9 Å². The fourth-order valence-electron chi connectivity index (χ4n) is 5.28. The van der Waals surface area contributed by atoms with Crippen LogP contribution in [0.3, 0.4) is 0 Å². The monoisotopic (exact) mass is 623 g/mol. The molecule has 9 heteroatoms. The summed E-state index contributed by atoms with van der Waals surface area (Å²) in [7, 11) is 3.14. The van der Waals surface area contributed by atoms with Crippen molar-refractivity contribution in [3.05, 3.63) is 108 Å². The second-order valence-corrected chi connectivity index (χ2v) is 11.5. The molecule has 4 aromatic carbocycles. The van der Waals surface area contributed by atoms with Gasteiger partial charge in [-0.15, -0.1) is 0 Å². The molecule has 0 aromatic heterocycles. The third kappa shape index (κ3) is 9.17. The van der Waals surface area contributed by atoms with Crippen molar-refractivity contribution in [1.82, 2.24) is 16.0 Å². The summed E-state index contributed by atoms with van der Waals surface area (Å²) in [6.07, 6.45) is 1.23. The molecule has 0 heterocycles. The predicted molar refractivity (Wildman–Crippen MR) is 178 cm³/mol. The molecule has 3 N–H and O–H groups in total. The highest BCUT2D eigenvalue weighted by Crippen LogP contribution is 2.19. The van der Waals surface area contributed by atoms with Crippen LogP contribution in [0.5, 0.6) is 11.5 Å². The van der Waals surface area contributed by atoms with Gasteiger partial charge in [-0.2, -0.15) is 0 Å². The van der Waals surface area contributed by atoms with Crippen LogP contribution in [-0.4, -0.2) is 56.4 Å². The number of carbonyl (C=O) groups is 4. The lowest BCUT2D eigenvalue weighted by Crippen LogP contribution is -2.57. The van der Waals surface area contributed by atoms with Gasteiger partial charge in [0.2, 0.25) is 17.7 Å². The highest BCUT2D eigenvalue weighted by molar-refractivity contribution is 5.95. The molecule has 0 bridgehead atoms. The Kier molecular flexibility index (Phi) is 11.9. The highest BCUT2D eigenvalue weighted by Gasteiger charge is 2.30. The van der Waals surface area contributed by atoms with Gasteiger partial charge in [0.15, 0.2) is 0 Å². The quantitative estimate of drug-likeness (QED) is 0.171. The zero-order chi connectivity index (χ0) is 33.1. The standard InChI is InChI=1S/C37H41N3O6/c1-24(2)35(37(44)38-29(23-41)20-25-12-16-30(45-3)17-13-25)40-36(43)33(21-26-14-18-31(46-4)19-15-26)39-34(42)22-28-10-7-9-27-8-5-6-11-32(27)28/h5-19,23-24,29,33,35H,20-22H2,1-4H3,(H,38,44)(H,39,42)(H,40,43)/t29-,33-,35-/m0/s1. The molecule has 0 saturated heterocycles. The van der Waals surface area contributed by atoms with Crippen LogP contribution in [0, 0.1) is 5.92 Å². The van der Waals surface area contributed by atoms with Crippen molar-refractivity contribution in [2.24, 2.45) is 5.92 Å². The third-order valence-electron chi connectivity index (χ3n) is 7.84. The van der Waals surface area contributed by atoms with Crippen molar-refractivity contribution in [2.75, 3.05) is 14.2 Å². The van der Waals surface area contributed by atoms with E-state index in [9.17, 15) is 19.2 Å². The lowest BCUT2D eigenvalue weighted by atomic mass is 9.99. The van der Waals surface area contributed by atoms with Gasteiger partial charge >= 0.3 is 0 Å². The highest BCUT2D eigenvalue weighted by atomic mass is 16.5. The van der Waals surface area contributed by atoms with Gasteiger partial charge in [-0.05, 0) is 64.1 Å². The molecule has 3 amide bonds. The van der Waals surface area contributed by atoms with Gasteiger partial charge < -0.3 is 30.2 Å². The molecule has 4 rings (SSSR count). The Hall–Kier alpha value is -5.18. The van der Waals surface area contributed by atoms with E-state index in [-0.39, 0.29) is 31.1 Å². The fourth-order valence-corrected chi connectivity index (χ4v) is 5.28. The third-order valence-corrected chi connectivity index (χ3v) is 7.84. The van der Waals surface area contributed by atoms with E-state index >= 15 is 0 Å². The van der Waals surface area contributed by atoms with E-state index in [1.807, 2.05) is 80.6 Å². The first-order valence-electron chi connectivity index (χ1n) is 15.3. The summed E-state index contributed by atoms with van der Waals surface area (Å²) in [5, 5.41) is 10.5. The Balaban J connectivity index is 1.49. The first-order chi connectivity index (χ1) is 22.2. The van der Waals surface area contributed by atoms with Gasteiger partial charge in [-0.25, -0.2) is 0 Å². The second-order valence-electron chi connectivity index (χ2n) is 11.5. The summed E-state index contributed by atoms with van der Waals surface area (Å²) >= 11 is 0. The number of rotatable bonds is 15. The van der Waals surface area contributed by atoms with Crippen LogP contribution in [-0.2, 0) is 38.4 Å². The summed E-state index contributed by atoms with van der Waals surface area (Å²) < 4.78 is 10.4. The number of benzene rings is 4. The summed E-state index contributed by atoms with van der Waals surface area (Å²) in [5.41, 5.74) is 2.49. The molecule has 0 spiro atoms. The minimum atomic E-state index is -0.967. The Morgan fingerprint density at radius 1 is 0.696 bits per heavy atom. The van der Waals surface area contributed by atoms with Crippen LogP contribution in [0.4, 0.5) is 0 Å². The maximum Gasteiger partial charge on any atom is 0.243 e. The number of ether oxygens (including phenoxy) is 2. The van der Waals surface area contributed by atoms with Crippen molar-refractivity contribution in [1.29, 1.82) is 0 Å². The van der Waals surface area contributed by atoms with Crippen molar-refractivity contribution in [3.8, 4) is 11.5 Å². The normalized spacial score (nSPS) is 12.9. The predicted octanol–water partition coefficient (Wildman–Crippen LogP) is 4.19. The van der Waals surface area contributed by atoms with E-state index in [1.54, 1.807) is 38.5 Å². The van der Waals surface area contributed by atoms with E-state index in [1.165, 1.54) is 0 Å². The average Bonchev–Trinajstić information content (AvgIpc) is 3.07. The fraction of sp³-hybridized carbons (Fsp3) is 0.297. The van der Waals surface area contributed by atoms with Gasteiger partial charge in [0.25, 0.3) is 0 Å². The molecule has 0 radical (unpaired) electrons. The number of fused-ring (bicyclic) bond motifs is 1. The largest absolute Gasteiger partial charge is 0.497 e. The lowest BCUT2D eigenvalue weighted by Gasteiger charge is -2.26. The minimum absolute atomic E-state index is 0.0776. The maximum atomic E-state index is 13.8. The zero-order valence-corrected chi connectivity index (χ0v) is 26.6. The molecule has 0 aliphatic carbocycles. The molecule has 4 aromatic rings. The van der Waals surface area contributed by atoms with Gasteiger partial charge in [-0.3, -0.25) is 14.4 Å². The second kappa shape index (κ2) is 16.2. The van der Waals surface area contributed by atoms with Gasteiger partial charge in [0.05, 0.1) is 26.7 Å². The van der Waals surface area contributed by atoms with Crippen molar-refractivity contribution < 1.29 is 28.7 Å². The molecular formula is C37H41N3O6. The molecular weight excluding hydrogens is 582 g/mol. The van der Waals surface area contributed by atoms with E-state index in [0.717, 1.165) is 27.5 Å². The molecule has 0 saturated carbocycles. The Bertz CT molecular complexity index is 1630. The number of methoxy groups -OCH3 is 2. The number of aldehydes is 1. The van der Waals surface area contributed by atoms with Crippen LogP contribution in [0.15, 0.2) is 91.0 Å². The van der Waals surface area contributed by atoms with E-state index in [2.05, 4.69) is 16.0 Å². The first kappa shape index (κ1) is 33.7. The molecule has 0 fully saturated rings. The van der Waals surface area contributed by atoms with Crippen LogP contribution in [0.25, 0.3) is 10.8 Å². The molecule has 0 unspecified atom stereocenters. The van der Waals surface area contributed by atoms with Crippen LogP contribution in [0.2, 0.25) is 0 Å². The summed E-state index contributed by atoms with van der Waals surface area (Å²) in [6.45, 7) is 3.61. The molecule has 9 nitrogen and oxygen atoms in total. The SMILES string of the molecule is COc1ccc(C[C@@H](C=O)NC(=O)[C@@H](NC(=O)[C@H](Cc2ccc(OC)cc2)NC(=O)Cc2cccc3ccccc23)C(C)C)cc1. The van der Waals surface area contributed by atoms with Crippen molar-refractivity contribution in [3.63, 3.8) is 0 Å². The number of hydrogen-bond acceptors (Lipinski definition) is 6. The van der Waals surface area contributed by atoms with Crippen LogP contribution < -0.4 is 25.4 Å². The number of hydrogen-bond donors (Lipinski definition) is 3. The number of carbonyl (C=O) groups excluding carboxylic acids is 4. The van der Waals surface area contributed by atoms with Gasteiger partial charge in [-0.1, -0.05) is 80.6 Å². The molecule has 0 aliphatic heterocycles. The van der Waals surface area contributed by atoms with E-state index in [0.29, 0.717) is 17.8 Å². The topological polar surface area (TPSA) is 123 Å². The summed E-state index contributed by atoms with van der Waals surface area (Å²) in [4.78, 5) is 52.5. The molecule has 46 heavy (non-hydrogen) atoms. The van der Waals surface area contributed by atoms with Crippen LogP contribution in [0.1, 0.15) is 30.5 Å². The average molecular weight is 624 g/mol. The Morgan fingerprint density at radius 3 is 1.87 bits per heavy atom. The number of amides is 3. The van der Waals surface area contributed by atoms with Gasteiger partial charge in [0, 0.05) is 6.42 Å². The summed E-state index contributed by atoms with van der Waals surface area (Å²) in [5.74, 6) is -0.263. The Labute approximate surface area is 269 Å².